The van der Waals surface area contributed by atoms with Crippen molar-refractivity contribution in [3.8, 4) is 0 Å². The zero-order chi connectivity index (χ0) is 12.3. The Balaban J connectivity index is 1.95. The second kappa shape index (κ2) is 4.60. The molecule has 0 spiro atoms. The maximum atomic E-state index is 11.6. The molecule has 0 saturated heterocycles. The van der Waals surface area contributed by atoms with Gasteiger partial charge >= 0.3 is 0 Å². The van der Waals surface area contributed by atoms with Crippen LogP contribution in [0.5, 0.6) is 0 Å². The lowest BCUT2D eigenvalue weighted by Crippen LogP contribution is -2.19. The van der Waals surface area contributed by atoms with Gasteiger partial charge in [0.1, 0.15) is 12.9 Å². The summed E-state index contributed by atoms with van der Waals surface area (Å²) in [5.41, 5.74) is 6.88. The van der Waals surface area contributed by atoms with Crippen LogP contribution in [0.25, 0.3) is 0 Å². The molecule has 3 N–H and O–H groups in total. The molecule has 0 fully saturated rings. The molecule has 7 nitrogen and oxygen atoms in total. The van der Waals surface area contributed by atoms with Gasteiger partial charge in [0.25, 0.3) is 0 Å². The minimum absolute atomic E-state index is 0.0675. The number of nitrogen functional groups attached to an aromatic ring is 1. The molecule has 2 aromatic rings. The number of aryl methyl sites for hydroxylation is 1. The molecule has 0 saturated carbocycles. The van der Waals surface area contributed by atoms with Crippen LogP contribution in [0.15, 0.2) is 24.7 Å². The number of anilines is 2. The van der Waals surface area contributed by atoms with Crippen molar-refractivity contribution in [2.75, 3.05) is 11.1 Å². The number of hydrogen-bond donors (Lipinski definition) is 2. The van der Waals surface area contributed by atoms with E-state index >= 15 is 0 Å². The van der Waals surface area contributed by atoms with Crippen molar-refractivity contribution in [2.24, 2.45) is 0 Å². The molecule has 0 radical (unpaired) electrons. The average Bonchev–Trinajstić information content (AvgIpc) is 2.67. The molecule has 88 valence electrons. The first-order valence-electron chi connectivity index (χ1n) is 5.01. The lowest BCUT2D eigenvalue weighted by molar-refractivity contribution is -0.116. The minimum Gasteiger partial charge on any atom is -0.367 e. The summed E-state index contributed by atoms with van der Waals surface area (Å²) in [7, 11) is 0. The van der Waals surface area contributed by atoms with Crippen LogP contribution in [0.3, 0.4) is 0 Å². The monoisotopic (exact) mass is 232 g/mol. The van der Waals surface area contributed by atoms with E-state index < -0.39 is 0 Å². The Kier molecular flexibility index (Phi) is 2.99. The Bertz CT molecular complexity index is 518. The number of rotatable bonds is 3. The van der Waals surface area contributed by atoms with Crippen molar-refractivity contribution in [3.05, 3.63) is 30.4 Å². The molecule has 0 bridgehead atoms. The molecule has 0 aliphatic rings. The maximum Gasteiger partial charge on any atom is 0.246 e. The fraction of sp³-hybridized carbons (Fsp3) is 0.200. The van der Waals surface area contributed by atoms with Gasteiger partial charge in [0.15, 0.2) is 0 Å². The summed E-state index contributed by atoms with van der Waals surface area (Å²) < 4.78 is 1.37. The minimum atomic E-state index is -0.208. The Labute approximate surface area is 97.7 Å². The summed E-state index contributed by atoms with van der Waals surface area (Å²) in [6, 6.07) is 3.61. The van der Waals surface area contributed by atoms with E-state index in [0.29, 0.717) is 5.69 Å². The molecule has 0 aliphatic carbocycles. The van der Waals surface area contributed by atoms with Gasteiger partial charge < -0.3 is 11.1 Å². The molecule has 2 aromatic heterocycles. The maximum absolute atomic E-state index is 11.6. The molecular weight excluding hydrogens is 220 g/mol. The van der Waals surface area contributed by atoms with E-state index in [0.717, 1.165) is 5.69 Å². The molecule has 2 rings (SSSR count). The fourth-order valence-electron chi connectivity index (χ4n) is 1.27. The molecule has 17 heavy (non-hydrogen) atoms. The van der Waals surface area contributed by atoms with Crippen molar-refractivity contribution in [1.82, 2.24) is 19.7 Å². The topological polar surface area (TPSA) is 98.7 Å². The summed E-state index contributed by atoms with van der Waals surface area (Å²) >= 11 is 0. The first-order chi connectivity index (χ1) is 8.13. The zero-order valence-corrected chi connectivity index (χ0v) is 9.29. The highest BCUT2D eigenvalue weighted by atomic mass is 16.2. The molecule has 7 heteroatoms. The van der Waals surface area contributed by atoms with Gasteiger partial charge in [-0.15, -0.1) is 5.10 Å². The number of carbonyl (C=O) groups excluding carboxylic acids is 1. The number of nitrogens with one attached hydrogen (secondary N) is 1. The van der Waals surface area contributed by atoms with Crippen molar-refractivity contribution < 1.29 is 4.79 Å². The smallest absolute Gasteiger partial charge is 0.246 e. The third-order valence-corrected chi connectivity index (χ3v) is 2.05. The molecule has 0 aromatic carbocycles. The number of aromatic nitrogens is 4. The van der Waals surface area contributed by atoms with Crippen molar-refractivity contribution in [2.45, 2.75) is 13.5 Å². The number of carbonyl (C=O) groups is 1. The Morgan fingerprint density at radius 1 is 1.47 bits per heavy atom. The number of pyridine rings is 1. The van der Waals surface area contributed by atoms with Crippen LogP contribution in [-0.4, -0.2) is 25.7 Å². The normalized spacial score (nSPS) is 10.2. The van der Waals surface area contributed by atoms with Gasteiger partial charge in [-0.05, 0) is 19.1 Å². The summed E-state index contributed by atoms with van der Waals surface area (Å²) in [5, 5.41) is 6.51. The van der Waals surface area contributed by atoms with E-state index in [4.69, 9.17) is 5.73 Å². The predicted octanol–water partition coefficient (Wildman–Crippen LogP) is 0.202. The SMILES string of the molecule is Cc1ccc(NC(=O)Cn2cnc(N)n2)cn1. The van der Waals surface area contributed by atoms with E-state index in [-0.39, 0.29) is 18.4 Å². The van der Waals surface area contributed by atoms with E-state index in [2.05, 4.69) is 20.4 Å². The van der Waals surface area contributed by atoms with Crippen LogP contribution < -0.4 is 11.1 Å². The van der Waals surface area contributed by atoms with Crippen LogP contribution in [0, 0.1) is 6.92 Å². The number of nitrogens with zero attached hydrogens (tertiary/aromatic N) is 4. The average molecular weight is 232 g/mol. The standard InChI is InChI=1S/C10H12N6O/c1-7-2-3-8(4-12-7)14-9(17)5-16-6-13-10(11)15-16/h2-4,6H,5H2,1H3,(H2,11,15)(H,14,17). The summed E-state index contributed by atoms with van der Waals surface area (Å²) in [6.07, 6.45) is 3.01. The van der Waals surface area contributed by atoms with Gasteiger partial charge in [0, 0.05) is 5.69 Å². The van der Waals surface area contributed by atoms with Gasteiger partial charge in [0.2, 0.25) is 11.9 Å². The highest BCUT2D eigenvalue weighted by molar-refractivity contribution is 5.90. The van der Waals surface area contributed by atoms with Gasteiger partial charge in [-0.3, -0.25) is 9.78 Å². The highest BCUT2D eigenvalue weighted by Crippen LogP contribution is 2.05. The van der Waals surface area contributed by atoms with E-state index in [9.17, 15) is 4.79 Å². The van der Waals surface area contributed by atoms with Crippen molar-refractivity contribution in [3.63, 3.8) is 0 Å². The van der Waals surface area contributed by atoms with Gasteiger partial charge in [0.05, 0.1) is 11.9 Å². The first kappa shape index (κ1) is 11.1. The van der Waals surface area contributed by atoms with E-state index in [1.54, 1.807) is 12.3 Å². The first-order valence-corrected chi connectivity index (χ1v) is 5.01. The van der Waals surface area contributed by atoms with Gasteiger partial charge in [-0.2, -0.15) is 0 Å². The summed E-state index contributed by atoms with van der Waals surface area (Å²) in [5.74, 6) is -0.0599. The Morgan fingerprint density at radius 3 is 2.88 bits per heavy atom. The van der Waals surface area contributed by atoms with E-state index in [1.807, 2.05) is 13.0 Å². The Hall–Kier alpha value is -2.44. The number of amides is 1. The van der Waals surface area contributed by atoms with Crippen LogP contribution in [0.1, 0.15) is 5.69 Å². The molecule has 1 amide bonds. The summed E-state index contributed by atoms with van der Waals surface area (Å²) in [4.78, 5) is 19.4. The molecular formula is C10H12N6O. The molecule has 0 unspecified atom stereocenters. The molecule has 2 heterocycles. The third-order valence-electron chi connectivity index (χ3n) is 2.05. The second-order valence-corrected chi connectivity index (χ2v) is 3.54. The largest absolute Gasteiger partial charge is 0.367 e. The second-order valence-electron chi connectivity index (χ2n) is 3.54. The van der Waals surface area contributed by atoms with E-state index in [1.165, 1.54) is 11.0 Å². The number of nitrogens with two attached hydrogens (primary N) is 1. The third kappa shape index (κ3) is 3.00. The molecule has 0 atom stereocenters. The van der Waals surface area contributed by atoms with Gasteiger partial charge in [-0.1, -0.05) is 0 Å². The quantitative estimate of drug-likeness (QED) is 0.787. The van der Waals surface area contributed by atoms with Crippen molar-refractivity contribution in [1.29, 1.82) is 0 Å². The highest BCUT2D eigenvalue weighted by Gasteiger charge is 2.05. The van der Waals surface area contributed by atoms with Crippen LogP contribution in [0.2, 0.25) is 0 Å². The molecule has 0 aliphatic heterocycles. The lowest BCUT2D eigenvalue weighted by Gasteiger charge is -2.04. The fourth-order valence-corrected chi connectivity index (χ4v) is 1.27. The van der Waals surface area contributed by atoms with Crippen molar-refractivity contribution >= 4 is 17.5 Å². The summed E-state index contributed by atoms with van der Waals surface area (Å²) in [6.45, 7) is 1.95. The van der Waals surface area contributed by atoms with Crippen LogP contribution in [0.4, 0.5) is 11.6 Å². The van der Waals surface area contributed by atoms with Crippen LogP contribution in [-0.2, 0) is 11.3 Å². The van der Waals surface area contributed by atoms with Gasteiger partial charge in [-0.25, -0.2) is 9.67 Å². The Morgan fingerprint density at radius 2 is 2.29 bits per heavy atom. The predicted molar refractivity (Wildman–Crippen MR) is 62.0 cm³/mol. The van der Waals surface area contributed by atoms with Crippen LogP contribution >= 0.6 is 0 Å². The zero-order valence-electron chi connectivity index (χ0n) is 9.29. The number of hydrogen-bond acceptors (Lipinski definition) is 5. The lowest BCUT2D eigenvalue weighted by atomic mass is 10.3.